The maximum absolute atomic E-state index is 13.6. The summed E-state index contributed by atoms with van der Waals surface area (Å²) in [7, 11) is 1.86. The topological polar surface area (TPSA) is 71.3 Å². The number of pyridine rings is 1. The summed E-state index contributed by atoms with van der Waals surface area (Å²) in [6, 6.07) is 11.8. The fourth-order valence-electron chi connectivity index (χ4n) is 4.59. The molecule has 1 saturated heterocycles. The van der Waals surface area contributed by atoms with Crippen LogP contribution in [0.3, 0.4) is 0 Å². The minimum absolute atomic E-state index is 0.0187. The fourth-order valence-corrected chi connectivity index (χ4v) is 4.59. The molecule has 1 aliphatic rings. The highest BCUT2D eigenvalue weighted by Gasteiger charge is 2.36. The lowest BCUT2D eigenvalue weighted by molar-refractivity contribution is -0.137. The lowest BCUT2D eigenvalue weighted by Crippen LogP contribution is -2.54. The van der Waals surface area contributed by atoms with Crippen molar-refractivity contribution in [2.24, 2.45) is 7.05 Å². The van der Waals surface area contributed by atoms with E-state index in [2.05, 4.69) is 18.9 Å². The van der Waals surface area contributed by atoms with E-state index in [1.807, 2.05) is 74.0 Å². The molecule has 0 N–H and O–H groups in total. The zero-order chi connectivity index (χ0) is 23.9. The molecule has 1 aliphatic heterocycles. The minimum Gasteiger partial charge on any atom is -0.338 e. The van der Waals surface area contributed by atoms with Crippen LogP contribution in [0.5, 0.6) is 0 Å². The Balaban J connectivity index is 1.55. The van der Waals surface area contributed by atoms with Crippen LogP contribution in [0.2, 0.25) is 0 Å². The number of carbonyl (C=O) groups excluding carboxylic acids is 2. The maximum atomic E-state index is 13.6. The SMILES string of the molecule is Cc1nn(C)c2nc(C(C)C)cc(C(=O)N3CCN(C(=O)C(C)(C)c4ccccc4)CC3)c12. The second kappa shape index (κ2) is 8.61. The van der Waals surface area contributed by atoms with Crippen LogP contribution in [0.4, 0.5) is 0 Å². The van der Waals surface area contributed by atoms with E-state index in [4.69, 9.17) is 4.98 Å². The van der Waals surface area contributed by atoms with E-state index in [1.54, 1.807) is 4.68 Å². The van der Waals surface area contributed by atoms with Crippen LogP contribution < -0.4 is 0 Å². The smallest absolute Gasteiger partial charge is 0.254 e. The zero-order valence-electron chi connectivity index (χ0n) is 20.4. The number of aromatic nitrogens is 3. The third-order valence-electron chi connectivity index (χ3n) is 6.69. The van der Waals surface area contributed by atoms with E-state index < -0.39 is 5.41 Å². The predicted octanol–water partition coefficient (Wildman–Crippen LogP) is 3.66. The van der Waals surface area contributed by atoms with Gasteiger partial charge >= 0.3 is 0 Å². The van der Waals surface area contributed by atoms with Crippen molar-refractivity contribution in [2.45, 2.75) is 46.0 Å². The molecule has 3 aromatic rings. The molecule has 0 aliphatic carbocycles. The van der Waals surface area contributed by atoms with Gasteiger partial charge in [-0.25, -0.2) is 4.98 Å². The molecule has 0 spiro atoms. The lowest BCUT2D eigenvalue weighted by Gasteiger charge is -2.39. The Hall–Kier alpha value is -3.22. The van der Waals surface area contributed by atoms with Crippen molar-refractivity contribution < 1.29 is 9.59 Å². The molecular weight excluding hydrogens is 414 g/mol. The second-order valence-corrected chi connectivity index (χ2v) is 9.73. The van der Waals surface area contributed by atoms with Crippen molar-refractivity contribution in [1.82, 2.24) is 24.6 Å². The number of benzene rings is 1. The second-order valence-electron chi connectivity index (χ2n) is 9.73. The van der Waals surface area contributed by atoms with Crippen molar-refractivity contribution in [3.63, 3.8) is 0 Å². The van der Waals surface area contributed by atoms with Gasteiger partial charge in [-0.3, -0.25) is 14.3 Å². The summed E-state index contributed by atoms with van der Waals surface area (Å²) < 4.78 is 1.75. The highest BCUT2D eigenvalue weighted by molar-refractivity contribution is 6.06. The highest BCUT2D eigenvalue weighted by Crippen LogP contribution is 2.28. The standard InChI is InChI=1S/C26H33N5O2/c1-17(2)21-16-20(22-18(3)28-29(6)23(22)27-21)24(32)30-12-14-31(15-13-30)25(33)26(4,5)19-10-8-7-9-11-19/h7-11,16-17H,12-15H2,1-6H3. The first kappa shape index (κ1) is 23.0. The third-order valence-corrected chi connectivity index (χ3v) is 6.69. The van der Waals surface area contributed by atoms with Gasteiger partial charge in [0, 0.05) is 38.9 Å². The number of carbonyl (C=O) groups is 2. The minimum atomic E-state index is -0.607. The molecular formula is C26H33N5O2. The molecule has 0 atom stereocenters. The fraction of sp³-hybridized carbons (Fsp3) is 0.462. The molecule has 0 radical (unpaired) electrons. The third kappa shape index (κ3) is 4.12. The summed E-state index contributed by atoms with van der Waals surface area (Å²) in [6.07, 6.45) is 0. The summed E-state index contributed by atoms with van der Waals surface area (Å²) in [5.74, 6) is 0.276. The van der Waals surface area contributed by atoms with Crippen LogP contribution in [-0.2, 0) is 17.3 Å². The molecule has 0 unspecified atom stereocenters. The van der Waals surface area contributed by atoms with Gasteiger partial charge in [0.1, 0.15) is 0 Å². The number of amides is 2. The largest absolute Gasteiger partial charge is 0.338 e. The quantitative estimate of drug-likeness (QED) is 0.612. The van der Waals surface area contributed by atoms with Crippen LogP contribution in [0, 0.1) is 6.92 Å². The van der Waals surface area contributed by atoms with Gasteiger partial charge in [-0.2, -0.15) is 5.10 Å². The first-order valence-electron chi connectivity index (χ1n) is 11.6. The number of fused-ring (bicyclic) bond motifs is 1. The average molecular weight is 448 g/mol. The van der Waals surface area contributed by atoms with Gasteiger partial charge in [0.05, 0.1) is 22.1 Å². The van der Waals surface area contributed by atoms with E-state index in [-0.39, 0.29) is 17.7 Å². The van der Waals surface area contributed by atoms with Gasteiger partial charge in [0.2, 0.25) is 5.91 Å². The van der Waals surface area contributed by atoms with Crippen LogP contribution >= 0.6 is 0 Å². The Labute approximate surface area is 195 Å². The number of piperazine rings is 1. The molecule has 2 aromatic heterocycles. The molecule has 7 heteroatoms. The molecule has 4 rings (SSSR count). The molecule has 3 heterocycles. The van der Waals surface area contributed by atoms with Crippen molar-refractivity contribution in [2.75, 3.05) is 26.2 Å². The van der Waals surface area contributed by atoms with E-state index >= 15 is 0 Å². The summed E-state index contributed by atoms with van der Waals surface area (Å²) in [4.78, 5) is 35.4. The van der Waals surface area contributed by atoms with Gasteiger partial charge in [-0.15, -0.1) is 0 Å². The van der Waals surface area contributed by atoms with Gasteiger partial charge in [0.15, 0.2) is 5.65 Å². The zero-order valence-corrected chi connectivity index (χ0v) is 20.4. The number of rotatable bonds is 4. The number of hydrogen-bond acceptors (Lipinski definition) is 4. The number of nitrogens with zero attached hydrogens (tertiary/aromatic N) is 5. The van der Waals surface area contributed by atoms with Crippen molar-refractivity contribution in [3.05, 3.63) is 58.9 Å². The molecule has 174 valence electrons. The van der Waals surface area contributed by atoms with E-state index in [1.165, 1.54) is 0 Å². The Morgan fingerprint density at radius 1 is 1.00 bits per heavy atom. The molecule has 1 aromatic carbocycles. The first-order valence-corrected chi connectivity index (χ1v) is 11.6. The van der Waals surface area contributed by atoms with Crippen molar-refractivity contribution in [3.8, 4) is 0 Å². The molecule has 2 amide bonds. The van der Waals surface area contributed by atoms with E-state index in [9.17, 15) is 9.59 Å². The highest BCUT2D eigenvalue weighted by atomic mass is 16.2. The summed E-state index contributed by atoms with van der Waals surface area (Å²) in [6.45, 7) is 12.1. The Morgan fingerprint density at radius 2 is 1.61 bits per heavy atom. The summed E-state index contributed by atoms with van der Waals surface area (Å²) >= 11 is 0. The van der Waals surface area contributed by atoms with Gasteiger partial charge in [0.25, 0.3) is 5.91 Å². The van der Waals surface area contributed by atoms with Crippen LogP contribution in [0.25, 0.3) is 11.0 Å². The van der Waals surface area contributed by atoms with Gasteiger partial charge < -0.3 is 9.80 Å². The average Bonchev–Trinajstić information content (AvgIpc) is 3.11. The normalized spacial score (nSPS) is 14.9. The monoisotopic (exact) mass is 447 g/mol. The van der Waals surface area contributed by atoms with Crippen LogP contribution in [-0.4, -0.2) is 62.6 Å². The molecule has 1 fully saturated rings. The van der Waals surface area contributed by atoms with Crippen molar-refractivity contribution in [1.29, 1.82) is 0 Å². The van der Waals surface area contributed by atoms with Gasteiger partial charge in [-0.05, 0) is 38.3 Å². The predicted molar refractivity (Wildman–Crippen MR) is 129 cm³/mol. The van der Waals surface area contributed by atoms with Crippen LogP contribution in [0.15, 0.2) is 36.4 Å². The van der Waals surface area contributed by atoms with E-state index in [0.29, 0.717) is 31.7 Å². The Morgan fingerprint density at radius 3 is 2.21 bits per heavy atom. The maximum Gasteiger partial charge on any atom is 0.254 e. The summed E-state index contributed by atoms with van der Waals surface area (Å²) in [5.41, 5.74) is 3.47. The van der Waals surface area contributed by atoms with Crippen molar-refractivity contribution >= 4 is 22.8 Å². The summed E-state index contributed by atoms with van der Waals surface area (Å²) in [5, 5.41) is 5.32. The number of aryl methyl sites for hydroxylation is 2. The Bertz CT molecular complexity index is 1190. The molecule has 0 bridgehead atoms. The lowest BCUT2D eigenvalue weighted by atomic mass is 9.83. The van der Waals surface area contributed by atoms with E-state index in [0.717, 1.165) is 28.0 Å². The first-order chi connectivity index (χ1) is 15.6. The van der Waals surface area contributed by atoms with Gasteiger partial charge in [-0.1, -0.05) is 44.2 Å². The Kier molecular flexibility index (Phi) is 5.99. The molecule has 7 nitrogen and oxygen atoms in total. The number of hydrogen-bond donors (Lipinski definition) is 0. The van der Waals surface area contributed by atoms with Crippen LogP contribution in [0.1, 0.15) is 60.9 Å². The molecule has 0 saturated carbocycles. The molecule has 33 heavy (non-hydrogen) atoms.